The van der Waals surface area contributed by atoms with Gasteiger partial charge in [-0.15, -0.1) is 0 Å². The molecule has 0 aliphatic carbocycles. The Kier molecular flexibility index (Phi) is 6.36. The van der Waals surface area contributed by atoms with Crippen LogP contribution in [0.25, 0.3) is 0 Å². The first-order valence-corrected chi connectivity index (χ1v) is 5.93. The third-order valence-corrected chi connectivity index (χ3v) is 2.56. The number of carbonyl (C=O) groups excluding carboxylic acids is 1. The van der Waals surface area contributed by atoms with E-state index in [-0.39, 0.29) is 11.9 Å². The van der Waals surface area contributed by atoms with Crippen molar-refractivity contribution < 1.29 is 9.53 Å². The summed E-state index contributed by atoms with van der Waals surface area (Å²) in [6.07, 6.45) is 4.31. The van der Waals surface area contributed by atoms with Gasteiger partial charge in [0.05, 0.1) is 12.6 Å². The molecule has 1 atom stereocenters. The number of hydrogen-bond acceptors (Lipinski definition) is 3. The van der Waals surface area contributed by atoms with Gasteiger partial charge in [-0.05, 0) is 25.8 Å². The van der Waals surface area contributed by atoms with Crippen molar-refractivity contribution in [2.45, 2.75) is 38.6 Å². The van der Waals surface area contributed by atoms with Crippen LogP contribution >= 0.6 is 0 Å². The Morgan fingerprint density at radius 3 is 3.07 bits per heavy atom. The van der Waals surface area contributed by atoms with Gasteiger partial charge in [0.25, 0.3) is 0 Å². The van der Waals surface area contributed by atoms with Gasteiger partial charge in [-0.1, -0.05) is 13.3 Å². The van der Waals surface area contributed by atoms with Gasteiger partial charge in [-0.3, -0.25) is 4.79 Å². The standard InChI is InChI=1S/C11H22N2O2/c1-2-3-8-15-9-7-13-11(14)10-5-4-6-12-10/h10,12H,2-9H2,1H3,(H,13,14)/t10-/m1/s1. The van der Waals surface area contributed by atoms with E-state index in [1.807, 2.05) is 0 Å². The second kappa shape index (κ2) is 7.65. The number of unbranched alkanes of at least 4 members (excludes halogenated alkanes) is 1. The number of hydrogen-bond donors (Lipinski definition) is 2. The van der Waals surface area contributed by atoms with Crippen molar-refractivity contribution in [3.63, 3.8) is 0 Å². The van der Waals surface area contributed by atoms with Gasteiger partial charge in [-0.2, -0.15) is 0 Å². The van der Waals surface area contributed by atoms with Gasteiger partial charge >= 0.3 is 0 Å². The lowest BCUT2D eigenvalue weighted by Gasteiger charge is -2.10. The molecule has 1 heterocycles. The Balaban J connectivity index is 1.92. The molecule has 4 heteroatoms. The molecule has 0 radical (unpaired) electrons. The topological polar surface area (TPSA) is 50.4 Å². The van der Waals surface area contributed by atoms with Crippen LogP contribution in [0.15, 0.2) is 0 Å². The molecule has 0 unspecified atom stereocenters. The van der Waals surface area contributed by atoms with Crippen molar-refractivity contribution in [2.75, 3.05) is 26.3 Å². The van der Waals surface area contributed by atoms with Gasteiger partial charge in [0, 0.05) is 13.2 Å². The zero-order valence-corrected chi connectivity index (χ0v) is 9.55. The minimum Gasteiger partial charge on any atom is -0.380 e. The lowest BCUT2D eigenvalue weighted by Crippen LogP contribution is -2.41. The van der Waals surface area contributed by atoms with Crippen LogP contribution in [0.5, 0.6) is 0 Å². The van der Waals surface area contributed by atoms with Gasteiger partial charge in [0.2, 0.25) is 5.91 Å². The third-order valence-electron chi connectivity index (χ3n) is 2.56. The van der Waals surface area contributed by atoms with E-state index in [0.29, 0.717) is 13.2 Å². The Labute approximate surface area is 91.8 Å². The summed E-state index contributed by atoms with van der Waals surface area (Å²) in [5, 5.41) is 6.04. The van der Waals surface area contributed by atoms with E-state index in [9.17, 15) is 4.79 Å². The molecule has 0 aromatic heterocycles. The van der Waals surface area contributed by atoms with E-state index in [2.05, 4.69) is 17.6 Å². The van der Waals surface area contributed by atoms with Crippen molar-refractivity contribution in [1.29, 1.82) is 0 Å². The highest BCUT2D eigenvalue weighted by Gasteiger charge is 2.20. The molecule has 1 amide bonds. The van der Waals surface area contributed by atoms with Crippen LogP contribution in [0.4, 0.5) is 0 Å². The molecule has 4 nitrogen and oxygen atoms in total. The highest BCUT2D eigenvalue weighted by Crippen LogP contribution is 2.03. The van der Waals surface area contributed by atoms with E-state index in [4.69, 9.17) is 4.74 Å². The quantitative estimate of drug-likeness (QED) is 0.612. The maximum Gasteiger partial charge on any atom is 0.237 e. The van der Waals surface area contributed by atoms with E-state index < -0.39 is 0 Å². The van der Waals surface area contributed by atoms with Crippen LogP contribution in [-0.2, 0) is 9.53 Å². The van der Waals surface area contributed by atoms with Gasteiger partial charge < -0.3 is 15.4 Å². The third kappa shape index (κ3) is 5.14. The maximum atomic E-state index is 11.5. The zero-order chi connectivity index (χ0) is 10.9. The maximum absolute atomic E-state index is 11.5. The summed E-state index contributed by atoms with van der Waals surface area (Å²) in [5.41, 5.74) is 0. The monoisotopic (exact) mass is 214 g/mol. The molecule has 1 aliphatic heterocycles. The average Bonchev–Trinajstić information content (AvgIpc) is 2.76. The Morgan fingerprint density at radius 2 is 2.40 bits per heavy atom. The molecular weight excluding hydrogens is 192 g/mol. The van der Waals surface area contributed by atoms with Crippen LogP contribution in [0, 0.1) is 0 Å². The second-order valence-corrected chi connectivity index (χ2v) is 3.91. The molecule has 0 spiro atoms. The molecule has 2 N–H and O–H groups in total. The number of carbonyl (C=O) groups is 1. The largest absolute Gasteiger partial charge is 0.380 e. The van der Waals surface area contributed by atoms with E-state index in [1.165, 1.54) is 0 Å². The van der Waals surface area contributed by atoms with Gasteiger partial charge in [0.15, 0.2) is 0 Å². The fraction of sp³-hybridized carbons (Fsp3) is 0.909. The molecule has 15 heavy (non-hydrogen) atoms. The first kappa shape index (κ1) is 12.5. The van der Waals surface area contributed by atoms with Crippen LogP contribution in [0.2, 0.25) is 0 Å². The van der Waals surface area contributed by atoms with E-state index in [0.717, 1.165) is 38.8 Å². The summed E-state index contributed by atoms with van der Waals surface area (Å²) in [6, 6.07) is 0.0284. The fourth-order valence-corrected chi connectivity index (χ4v) is 1.63. The molecular formula is C11H22N2O2. The summed E-state index contributed by atoms with van der Waals surface area (Å²) in [7, 11) is 0. The predicted molar refractivity (Wildman–Crippen MR) is 59.8 cm³/mol. The first-order valence-electron chi connectivity index (χ1n) is 5.93. The van der Waals surface area contributed by atoms with Crippen LogP contribution in [0.1, 0.15) is 32.6 Å². The molecule has 0 aromatic carbocycles. The first-order chi connectivity index (χ1) is 7.34. The summed E-state index contributed by atoms with van der Waals surface area (Å²) >= 11 is 0. The summed E-state index contributed by atoms with van der Waals surface area (Å²) in [5.74, 6) is 0.117. The number of ether oxygens (including phenoxy) is 1. The minimum atomic E-state index is 0.0284. The molecule has 0 aromatic rings. The molecule has 0 bridgehead atoms. The van der Waals surface area contributed by atoms with Crippen molar-refractivity contribution in [1.82, 2.24) is 10.6 Å². The molecule has 1 rings (SSSR count). The molecule has 1 aliphatic rings. The Hall–Kier alpha value is -0.610. The van der Waals surface area contributed by atoms with Crippen LogP contribution in [0.3, 0.4) is 0 Å². The van der Waals surface area contributed by atoms with Crippen molar-refractivity contribution in [3.05, 3.63) is 0 Å². The average molecular weight is 214 g/mol. The predicted octanol–water partition coefficient (Wildman–Crippen LogP) is 0.671. The van der Waals surface area contributed by atoms with Crippen molar-refractivity contribution in [3.8, 4) is 0 Å². The van der Waals surface area contributed by atoms with Gasteiger partial charge in [-0.25, -0.2) is 0 Å². The second-order valence-electron chi connectivity index (χ2n) is 3.91. The SMILES string of the molecule is CCCCOCCNC(=O)[C@H]1CCCN1. The summed E-state index contributed by atoms with van der Waals surface area (Å²) in [6.45, 7) is 5.15. The lowest BCUT2D eigenvalue weighted by atomic mass is 10.2. The minimum absolute atomic E-state index is 0.0284. The van der Waals surface area contributed by atoms with E-state index in [1.54, 1.807) is 0 Å². The number of rotatable bonds is 7. The zero-order valence-electron chi connectivity index (χ0n) is 9.55. The van der Waals surface area contributed by atoms with Gasteiger partial charge in [0.1, 0.15) is 0 Å². The highest BCUT2D eigenvalue weighted by molar-refractivity contribution is 5.81. The van der Waals surface area contributed by atoms with Crippen LogP contribution < -0.4 is 10.6 Å². The molecule has 0 saturated carbocycles. The smallest absolute Gasteiger partial charge is 0.237 e. The molecule has 1 saturated heterocycles. The Morgan fingerprint density at radius 1 is 1.53 bits per heavy atom. The van der Waals surface area contributed by atoms with Crippen molar-refractivity contribution in [2.24, 2.45) is 0 Å². The highest BCUT2D eigenvalue weighted by atomic mass is 16.5. The number of amides is 1. The lowest BCUT2D eigenvalue weighted by molar-refractivity contribution is -0.123. The summed E-state index contributed by atoms with van der Waals surface area (Å²) in [4.78, 5) is 11.5. The normalized spacial score (nSPS) is 20.5. The molecule has 1 fully saturated rings. The molecule has 88 valence electrons. The van der Waals surface area contributed by atoms with Crippen LogP contribution in [-0.4, -0.2) is 38.3 Å². The fourth-order valence-electron chi connectivity index (χ4n) is 1.63. The summed E-state index contributed by atoms with van der Waals surface area (Å²) < 4.78 is 5.35. The number of nitrogens with one attached hydrogen (secondary N) is 2. The van der Waals surface area contributed by atoms with Crippen molar-refractivity contribution >= 4 is 5.91 Å². The van der Waals surface area contributed by atoms with E-state index >= 15 is 0 Å². The Bertz CT molecular complexity index is 179.